The zero-order valence-electron chi connectivity index (χ0n) is 16.8. The molecule has 1 aliphatic heterocycles. The largest absolute Gasteiger partial charge is 0.450 e. The van der Waals surface area contributed by atoms with E-state index in [9.17, 15) is 20.6 Å². The van der Waals surface area contributed by atoms with E-state index in [-0.39, 0.29) is 30.3 Å². The third kappa shape index (κ3) is 3.49. The van der Waals surface area contributed by atoms with E-state index in [1.165, 1.54) is 0 Å². The Bertz CT molecular complexity index is 993. The second-order valence-electron chi connectivity index (χ2n) is 7.43. The van der Waals surface area contributed by atoms with Crippen LogP contribution in [0.15, 0.2) is 53.3 Å². The highest BCUT2D eigenvalue weighted by Crippen LogP contribution is 2.51. The van der Waals surface area contributed by atoms with E-state index >= 15 is 0 Å². The molecule has 7 heteroatoms. The van der Waals surface area contributed by atoms with Crippen molar-refractivity contribution in [3.05, 3.63) is 58.8 Å². The molecule has 1 heterocycles. The SMILES string of the molecule is CCOC(=O)N1CC=C2C(C#N)=C(N)C(C#N)(C#N)[C@@H](CCc3ccccc3)[C@@H]2C1. The van der Waals surface area contributed by atoms with Crippen LogP contribution in [0.4, 0.5) is 4.79 Å². The summed E-state index contributed by atoms with van der Waals surface area (Å²) in [5.74, 6) is -0.818. The maximum atomic E-state index is 12.3. The predicted octanol–water partition coefficient (Wildman–Crippen LogP) is 3.03. The number of carbonyl (C=O) groups is 1. The lowest BCUT2D eigenvalue weighted by Gasteiger charge is -2.45. The van der Waals surface area contributed by atoms with E-state index in [0.29, 0.717) is 19.4 Å². The number of benzene rings is 1. The fourth-order valence-electron chi connectivity index (χ4n) is 4.44. The van der Waals surface area contributed by atoms with Crippen molar-refractivity contribution in [2.24, 2.45) is 23.0 Å². The van der Waals surface area contributed by atoms with Crippen molar-refractivity contribution in [2.75, 3.05) is 19.7 Å². The molecule has 7 nitrogen and oxygen atoms in total. The molecule has 0 unspecified atom stereocenters. The molecule has 0 saturated carbocycles. The summed E-state index contributed by atoms with van der Waals surface area (Å²) in [6, 6.07) is 16.1. The van der Waals surface area contributed by atoms with E-state index in [4.69, 9.17) is 10.5 Å². The summed E-state index contributed by atoms with van der Waals surface area (Å²) >= 11 is 0. The van der Waals surface area contributed by atoms with Crippen LogP contribution >= 0.6 is 0 Å². The van der Waals surface area contributed by atoms with Crippen molar-refractivity contribution < 1.29 is 9.53 Å². The minimum atomic E-state index is -1.63. The summed E-state index contributed by atoms with van der Waals surface area (Å²) < 4.78 is 5.13. The molecule has 0 spiro atoms. The second-order valence-corrected chi connectivity index (χ2v) is 7.43. The number of hydrogen-bond acceptors (Lipinski definition) is 6. The number of nitriles is 3. The molecule has 30 heavy (non-hydrogen) atoms. The number of rotatable bonds is 4. The van der Waals surface area contributed by atoms with Gasteiger partial charge in [-0.1, -0.05) is 36.4 Å². The molecule has 2 aliphatic rings. The van der Waals surface area contributed by atoms with Crippen molar-refractivity contribution in [2.45, 2.75) is 19.8 Å². The van der Waals surface area contributed by atoms with Gasteiger partial charge in [-0.3, -0.25) is 0 Å². The van der Waals surface area contributed by atoms with Crippen LogP contribution in [-0.2, 0) is 11.2 Å². The summed E-state index contributed by atoms with van der Waals surface area (Å²) in [5.41, 5.74) is 6.64. The Morgan fingerprint density at radius 1 is 1.27 bits per heavy atom. The molecule has 152 valence electrons. The van der Waals surface area contributed by atoms with Crippen molar-refractivity contribution in [1.82, 2.24) is 4.90 Å². The zero-order chi connectivity index (χ0) is 21.7. The zero-order valence-corrected chi connectivity index (χ0v) is 16.8. The molecule has 1 aliphatic carbocycles. The second kappa shape index (κ2) is 8.72. The fraction of sp³-hybridized carbons (Fsp3) is 0.391. The van der Waals surface area contributed by atoms with Crippen molar-refractivity contribution in [3.8, 4) is 18.2 Å². The number of carbonyl (C=O) groups excluding carboxylic acids is 1. The number of allylic oxidation sites excluding steroid dienone is 2. The van der Waals surface area contributed by atoms with Crippen LogP contribution in [0, 0.1) is 51.2 Å². The Morgan fingerprint density at radius 2 is 1.97 bits per heavy atom. The van der Waals surface area contributed by atoms with Crippen LogP contribution in [0.1, 0.15) is 18.9 Å². The molecule has 1 aromatic carbocycles. The molecule has 0 radical (unpaired) electrons. The topological polar surface area (TPSA) is 127 Å². The molecule has 0 aromatic heterocycles. The van der Waals surface area contributed by atoms with E-state index in [1.807, 2.05) is 30.3 Å². The van der Waals surface area contributed by atoms with Gasteiger partial charge in [-0.15, -0.1) is 0 Å². The smallest absolute Gasteiger partial charge is 0.410 e. The number of fused-ring (bicyclic) bond motifs is 1. The Balaban J connectivity index is 2.05. The van der Waals surface area contributed by atoms with Gasteiger partial charge < -0.3 is 15.4 Å². The first-order chi connectivity index (χ1) is 14.5. The number of aryl methyl sites for hydroxylation is 1. The predicted molar refractivity (Wildman–Crippen MR) is 109 cm³/mol. The molecule has 0 bridgehead atoms. The van der Waals surface area contributed by atoms with Gasteiger partial charge in [0.05, 0.1) is 30.0 Å². The minimum absolute atomic E-state index is 0.0140. The lowest BCUT2D eigenvalue weighted by Crippen LogP contribution is -2.50. The molecule has 3 rings (SSSR count). The van der Waals surface area contributed by atoms with Gasteiger partial charge in [-0.2, -0.15) is 15.8 Å². The van der Waals surface area contributed by atoms with Crippen LogP contribution in [0.25, 0.3) is 0 Å². The molecular weight excluding hydrogens is 378 g/mol. The summed E-state index contributed by atoms with van der Waals surface area (Å²) in [6.07, 6.45) is 2.51. The Labute approximate surface area is 176 Å². The van der Waals surface area contributed by atoms with Gasteiger partial charge in [-0.25, -0.2) is 4.79 Å². The van der Waals surface area contributed by atoms with Crippen molar-refractivity contribution >= 4 is 6.09 Å². The number of nitrogens with two attached hydrogens (primary N) is 1. The van der Waals surface area contributed by atoms with Gasteiger partial charge >= 0.3 is 6.09 Å². The van der Waals surface area contributed by atoms with E-state index in [1.54, 1.807) is 17.9 Å². The maximum absolute atomic E-state index is 12.3. The molecule has 1 amide bonds. The molecule has 0 fully saturated rings. The normalized spacial score (nSPS) is 22.1. The van der Waals surface area contributed by atoms with Gasteiger partial charge in [0.2, 0.25) is 0 Å². The lowest BCUT2D eigenvalue weighted by atomic mass is 9.58. The Kier molecular flexibility index (Phi) is 6.09. The van der Waals surface area contributed by atoms with Crippen molar-refractivity contribution in [3.63, 3.8) is 0 Å². The van der Waals surface area contributed by atoms with E-state index < -0.39 is 17.4 Å². The summed E-state index contributed by atoms with van der Waals surface area (Å²) in [6.45, 7) is 2.55. The fourth-order valence-corrected chi connectivity index (χ4v) is 4.44. The van der Waals surface area contributed by atoms with Crippen LogP contribution in [0.5, 0.6) is 0 Å². The van der Waals surface area contributed by atoms with Gasteiger partial charge in [0.1, 0.15) is 6.07 Å². The third-order valence-corrected chi connectivity index (χ3v) is 5.95. The summed E-state index contributed by atoms with van der Waals surface area (Å²) in [5, 5.41) is 29.8. The summed E-state index contributed by atoms with van der Waals surface area (Å²) in [4.78, 5) is 13.9. The number of amides is 1. The number of nitrogens with zero attached hydrogens (tertiary/aromatic N) is 4. The van der Waals surface area contributed by atoms with Crippen LogP contribution < -0.4 is 5.73 Å². The van der Waals surface area contributed by atoms with Gasteiger partial charge in [-0.05, 0) is 30.9 Å². The Morgan fingerprint density at radius 3 is 2.57 bits per heavy atom. The minimum Gasteiger partial charge on any atom is -0.450 e. The average molecular weight is 401 g/mol. The van der Waals surface area contributed by atoms with Crippen LogP contribution in [0.2, 0.25) is 0 Å². The first kappa shape index (κ1) is 21.0. The van der Waals surface area contributed by atoms with E-state index in [0.717, 1.165) is 11.1 Å². The first-order valence-electron chi connectivity index (χ1n) is 9.91. The molecule has 2 N–H and O–H groups in total. The average Bonchev–Trinajstić information content (AvgIpc) is 2.78. The van der Waals surface area contributed by atoms with Crippen LogP contribution in [-0.4, -0.2) is 30.7 Å². The Hall–Kier alpha value is -3.76. The third-order valence-electron chi connectivity index (χ3n) is 5.95. The monoisotopic (exact) mass is 401 g/mol. The van der Waals surface area contributed by atoms with Crippen molar-refractivity contribution in [1.29, 1.82) is 15.8 Å². The number of ether oxygens (including phenoxy) is 1. The van der Waals surface area contributed by atoms with Crippen LogP contribution in [0.3, 0.4) is 0 Å². The lowest BCUT2D eigenvalue weighted by molar-refractivity contribution is 0.0928. The molecular formula is C23H23N5O2. The standard InChI is InChI=1S/C23H23N5O2/c1-2-30-22(29)28-11-10-17-18(12-24)21(27)23(14-25,15-26)20(19(17)13-28)9-8-16-6-4-3-5-7-16/h3-7,10,19-20H,2,8-9,11,13,27H2,1H3/t19-,20+/m1/s1. The van der Waals surface area contributed by atoms with Gasteiger partial charge in [0.15, 0.2) is 5.41 Å². The van der Waals surface area contributed by atoms with Gasteiger partial charge in [0, 0.05) is 24.9 Å². The maximum Gasteiger partial charge on any atom is 0.410 e. The van der Waals surface area contributed by atoms with Gasteiger partial charge in [0.25, 0.3) is 0 Å². The quantitative estimate of drug-likeness (QED) is 0.826. The van der Waals surface area contributed by atoms with E-state index in [2.05, 4.69) is 18.2 Å². The highest BCUT2D eigenvalue weighted by molar-refractivity contribution is 5.69. The number of hydrogen-bond donors (Lipinski definition) is 1. The highest BCUT2D eigenvalue weighted by Gasteiger charge is 2.53. The molecule has 2 atom stereocenters. The molecule has 0 saturated heterocycles. The highest BCUT2D eigenvalue weighted by atomic mass is 16.6. The first-order valence-corrected chi connectivity index (χ1v) is 9.91. The molecule has 1 aromatic rings. The summed E-state index contributed by atoms with van der Waals surface area (Å²) in [7, 11) is 0.